The van der Waals surface area contributed by atoms with Crippen LogP contribution in [0.4, 0.5) is 5.82 Å². The smallest absolute Gasteiger partial charge is 0.131 e. The summed E-state index contributed by atoms with van der Waals surface area (Å²) in [6, 6.07) is 5.72. The first-order valence-corrected chi connectivity index (χ1v) is 4.93. The van der Waals surface area contributed by atoms with Gasteiger partial charge in [0.2, 0.25) is 0 Å². The zero-order chi connectivity index (χ0) is 10.1. The van der Waals surface area contributed by atoms with Gasteiger partial charge in [-0.15, -0.1) is 0 Å². The summed E-state index contributed by atoms with van der Waals surface area (Å²) in [5.41, 5.74) is 6.92. The number of rotatable bonds is 1. The highest BCUT2D eigenvalue weighted by Crippen LogP contribution is 2.29. The molecule has 0 bridgehead atoms. The summed E-state index contributed by atoms with van der Waals surface area (Å²) in [4.78, 5) is 4.14. The van der Waals surface area contributed by atoms with Gasteiger partial charge >= 0.3 is 0 Å². The quantitative estimate of drug-likeness (QED) is 0.779. The predicted octanol–water partition coefficient (Wildman–Crippen LogP) is 3.03. The van der Waals surface area contributed by atoms with Crippen LogP contribution < -0.4 is 5.73 Å². The number of benzene rings is 1. The first-order chi connectivity index (χ1) is 6.74. The Balaban J connectivity index is 2.92. The van der Waals surface area contributed by atoms with Crippen molar-refractivity contribution in [1.82, 2.24) is 4.98 Å². The minimum Gasteiger partial charge on any atom is -0.383 e. The van der Waals surface area contributed by atoms with Crippen LogP contribution in [-0.4, -0.2) is 4.98 Å². The molecule has 14 heavy (non-hydrogen) atoms. The van der Waals surface area contributed by atoms with E-state index in [4.69, 9.17) is 17.3 Å². The van der Waals surface area contributed by atoms with E-state index in [9.17, 15) is 0 Å². The number of halogens is 1. The van der Waals surface area contributed by atoms with Crippen molar-refractivity contribution >= 4 is 28.2 Å². The predicted molar refractivity (Wildman–Crippen MR) is 60.5 cm³/mol. The first-order valence-electron chi connectivity index (χ1n) is 4.55. The average molecular weight is 207 g/mol. The molecule has 0 aliphatic carbocycles. The molecule has 2 N–H and O–H groups in total. The number of aromatic nitrogens is 1. The number of nitrogens with zero attached hydrogens (tertiary/aromatic N) is 1. The lowest BCUT2D eigenvalue weighted by molar-refractivity contribution is 1.13. The van der Waals surface area contributed by atoms with Crippen LogP contribution in [0.2, 0.25) is 5.02 Å². The molecular formula is C11H11ClN2. The summed E-state index contributed by atoms with van der Waals surface area (Å²) >= 11 is 6.13. The number of hydrogen-bond donors (Lipinski definition) is 1. The van der Waals surface area contributed by atoms with Crippen molar-refractivity contribution in [2.24, 2.45) is 0 Å². The van der Waals surface area contributed by atoms with Crippen molar-refractivity contribution < 1.29 is 0 Å². The second-order valence-electron chi connectivity index (χ2n) is 3.18. The maximum atomic E-state index is 6.13. The number of aryl methyl sites for hydroxylation is 1. The van der Waals surface area contributed by atoms with Crippen LogP contribution in [0.1, 0.15) is 12.5 Å². The number of nitrogen functional groups attached to an aromatic ring is 1. The van der Waals surface area contributed by atoms with Gasteiger partial charge in [0.05, 0.1) is 0 Å². The molecule has 1 aromatic heterocycles. The van der Waals surface area contributed by atoms with E-state index in [2.05, 4.69) is 11.9 Å². The van der Waals surface area contributed by atoms with Crippen molar-refractivity contribution in [3.05, 3.63) is 35.0 Å². The summed E-state index contributed by atoms with van der Waals surface area (Å²) in [6.45, 7) is 2.08. The van der Waals surface area contributed by atoms with E-state index >= 15 is 0 Å². The average Bonchev–Trinajstić information content (AvgIpc) is 2.20. The normalized spacial score (nSPS) is 10.7. The third-order valence-corrected chi connectivity index (χ3v) is 2.67. The summed E-state index contributed by atoms with van der Waals surface area (Å²) in [5.74, 6) is 0.541. The van der Waals surface area contributed by atoms with Gasteiger partial charge in [0.1, 0.15) is 5.82 Å². The molecule has 0 fully saturated rings. The third-order valence-electron chi connectivity index (χ3n) is 2.35. The second-order valence-corrected chi connectivity index (χ2v) is 3.59. The minimum atomic E-state index is 0.541. The van der Waals surface area contributed by atoms with Crippen molar-refractivity contribution in [1.29, 1.82) is 0 Å². The van der Waals surface area contributed by atoms with Gasteiger partial charge < -0.3 is 5.73 Å². The molecule has 2 rings (SSSR count). The summed E-state index contributed by atoms with van der Waals surface area (Å²) in [6.07, 6.45) is 2.71. The Morgan fingerprint density at radius 2 is 2.21 bits per heavy atom. The van der Waals surface area contributed by atoms with Gasteiger partial charge in [0.25, 0.3) is 0 Å². The molecule has 72 valence electrons. The van der Waals surface area contributed by atoms with Crippen molar-refractivity contribution in [2.75, 3.05) is 5.73 Å². The molecule has 2 aromatic rings. The molecule has 0 saturated carbocycles. The fraction of sp³-hybridized carbons (Fsp3) is 0.182. The fourth-order valence-corrected chi connectivity index (χ4v) is 1.91. The molecule has 2 nitrogen and oxygen atoms in total. The monoisotopic (exact) mass is 206 g/mol. The van der Waals surface area contributed by atoms with Gasteiger partial charge in [-0.05, 0) is 18.1 Å². The van der Waals surface area contributed by atoms with Crippen LogP contribution in [0.3, 0.4) is 0 Å². The van der Waals surface area contributed by atoms with E-state index < -0.39 is 0 Å². The number of nitrogens with two attached hydrogens (primary N) is 1. The van der Waals surface area contributed by atoms with Gasteiger partial charge in [0.15, 0.2) is 0 Å². The van der Waals surface area contributed by atoms with Crippen LogP contribution >= 0.6 is 11.6 Å². The first kappa shape index (κ1) is 9.28. The second kappa shape index (κ2) is 3.46. The Kier molecular flexibility index (Phi) is 2.30. The van der Waals surface area contributed by atoms with Crippen LogP contribution in [0.25, 0.3) is 10.8 Å². The van der Waals surface area contributed by atoms with E-state index in [-0.39, 0.29) is 0 Å². The lowest BCUT2D eigenvalue weighted by atomic mass is 10.1. The van der Waals surface area contributed by atoms with E-state index in [1.807, 2.05) is 18.2 Å². The van der Waals surface area contributed by atoms with E-state index in [0.29, 0.717) is 5.82 Å². The van der Waals surface area contributed by atoms with Gasteiger partial charge in [-0.3, -0.25) is 0 Å². The molecular weight excluding hydrogens is 196 g/mol. The molecule has 0 radical (unpaired) electrons. The lowest BCUT2D eigenvalue weighted by Gasteiger charge is -2.07. The van der Waals surface area contributed by atoms with E-state index in [0.717, 1.165) is 27.8 Å². The topological polar surface area (TPSA) is 38.9 Å². The van der Waals surface area contributed by atoms with Gasteiger partial charge in [-0.1, -0.05) is 30.7 Å². The molecule has 1 aromatic carbocycles. The summed E-state index contributed by atoms with van der Waals surface area (Å²) < 4.78 is 0. The van der Waals surface area contributed by atoms with Crippen LogP contribution in [0.5, 0.6) is 0 Å². The van der Waals surface area contributed by atoms with Gasteiger partial charge in [0, 0.05) is 22.0 Å². The Labute approximate surface area is 87.7 Å². The molecule has 0 atom stereocenters. The highest BCUT2D eigenvalue weighted by molar-refractivity contribution is 6.36. The molecule has 0 aliphatic rings. The molecule has 0 unspecified atom stereocenters. The standard InChI is InChI=1S/C11H11ClN2/c1-2-7-6-14-11(13)8-4-3-5-9(12)10(7)8/h3-6H,2H2,1H3,(H2,13,14). The number of fused-ring (bicyclic) bond motifs is 1. The van der Waals surface area contributed by atoms with Gasteiger partial charge in [-0.25, -0.2) is 4.98 Å². The summed E-state index contributed by atoms with van der Waals surface area (Å²) in [5, 5.41) is 2.72. The van der Waals surface area contributed by atoms with Gasteiger partial charge in [-0.2, -0.15) is 0 Å². The molecule has 0 amide bonds. The Hall–Kier alpha value is -1.28. The molecule has 0 saturated heterocycles. The minimum absolute atomic E-state index is 0.541. The van der Waals surface area contributed by atoms with Crippen LogP contribution in [0.15, 0.2) is 24.4 Å². The third kappa shape index (κ3) is 1.32. The zero-order valence-corrected chi connectivity index (χ0v) is 8.67. The maximum absolute atomic E-state index is 6.13. The number of anilines is 1. The zero-order valence-electron chi connectivity index (χ0n) is 7.92. The Bertz CT molecular complexity index is 480. The van der Waals surface area contributed by atoms with Crippen molar-refractivity contribution in [3.8, 4) is 0 Å². The highest BCUT2D eigenvalue weighted by Gasteiger charge is 2.06. The highest BCUT2D eigenvalue weighted by atomic mass is 35.5. The number of pyridine rings is 1. The SMILES string of the molecule is CCc1cnc(N)c2cccc(Cl)c12. The van der Waals surface area contributed by atoms with E-state index in [1.165, 1.54) is 0 Å². The summed E-state index contributed by atoms with van der Waals surface area (Å²) in [7, 11) is 0. The lowest BCUT2D eigenvalue weighted by Crippen LogP contribution is -1.95. The Morgan fingerprint density at radius 1 is 1.43 bits per heavy atom. The fourth-order valence-electron chi connectivity index (χ4n) is 1.61. The Morgan fingerprint density at radius 3 is 2.93 bits per heavy atom. The number of hydrogen-bond acceptors (Lipinski definition) is 2. The van der Waals surface area contributed by atoms with Crippen molar-refractivity contribution in [2.45, 2.75) is 13.3 Å². The van der Waals surface area contributed by atoms with Crippen molar-refractivity contribution in [3.63, 3.8) is 0 Å². The molecule has 0 aliphatic heterocycles. The molecule has 1 heterocycles. The molecule has 3 heteroatoms. The van der Waals surface area contributed by atoms with E-state index in [1.54, 1.807) is 6.20 Å². The largest absolute Gasteiger partial charge is 0.383 e. The van der Waals surface area contributed by atoms with Crippen LogP contribution in [0, 0.1) is 0 Å². The maximum Gasteiger partial charge on any atom is 0.131 e. The molecule has 0 spiro atoms. The van der Waals surface area contributed by atoms with Crippen LogP contribution in [-0.2, 0) is 6.42 Å².